The van der Waals surface area contributed by atoms with Crippen molar-refractivity contribution >= 4 is 27.5 Å². The molecule has 24 heavy (non-hydrogen) atoms. The fourth-order valence-electron chi connectivity index (χ4n) is 4.47. The second-order valence-corrected chi connectivity index (χ2v) is 8.43. The van der Waals surface area contributed by atoms with E-state index in [0.29, 0.717) is 24.4 Å². The van der Waals surface area contributed by atoms with Crippen LogP contribution in [0.5, 0.6) is 0 Å². The lowest BCUT2D eigenvalue weighted by Crippen LogP contribution is -2.49. The summed E-state index contributed by atoms with van der Waals surface area (Å²) in [5.41, 5.74) is 7.37. The largest absolute Gasteiger partial charge is 0.355 e. The Balaban J connectivity index is 1.30. The van der Waals surface area contributed by atoms with Crippen molar-refractivity contribution in [3.05, 3.63) is 29.3 Å². The number of thiazole rings is 1. The van der Waals surface area contributed by atoms with Gasteiger partial charge in [0.25, 0.3) is 0 Å². The van der Waals surface area contributed by atoms with Crippen molar-refractivity contribution in [2.45, 2.75) is 44.6 Å². The van der Waals surface area contributed by atoms with Gasteiger partial charge in [0.05, 0.1) is 15.2 Å². The number of fused-ring (bicyclic) bond motifs is 3. The van der Waals surface area contributed by atoms with Crippen LogP contribution in [-0.2, 0) is 11.2 Å². The van der Waals surface area contributed by atoms with Gasteiger partial charge in [0.15, 0.2) is 0 Å². The van der Waals surface area contributed by atoms with Crippen LogP contribution in [0.4, 0.5) is 0 Å². The van der Waals surface area contributed by atoms with Crippen molar-refractivity contribution in [3.63, 3.8) is 0 Å². The van der Waals surface area contributed by atoms with Gasteiger partial charge >= 0.3 is 0 Å². The number of amides is 1. The summed E-state index contributed by atoms with van der Waals surface area (Å²) in [4.78, 5) is 17.2. The van der Waals surface area contributed by atoms with Gasteiger partial charge < -0.3 is 11.1 Å². The summed E-state index contributed by atoms with van der Waals surface area (Å²) < 4.78 is 1.22. The van der Waals surface area contributed by atoms with Gasteiger partial charge in [0, 0.05) is 24.9 Å². The number of benzene rings is 1. The van der Waals surface area contributed by atoms with Crippen LogP contribution in [0.3, 0.4) is 0 Å². The average molecular weight is 343 g/mol. The Hall–Kier alpha value is -1.46. The Labute approximate surface area is 146 Å². The van der Waals surface area contributed by atoms with Crippen LogP contribution in [0, 0.1) is 17.8 Å². The van der Waals surface area contributed by atoms with E-state index >= 15 is 0 Å². The third-order valence-corrected chi connectivity index (χ3v) is 6.86. The van der Waals surface area contributed by atoms with Crippen molar-refractivity contribution in [2.75, 3.05) is 6.54 Å². The Kier molecular flexibility index (Phi) is 4.55. The minimum Gasteiger partial charge on any atom is -0.355 e. The van der Waals surface area contributed by atoms with Gasteiger partial charge in [-0.05, 0) is 49.7 Å². The maximum absolute atomic E-state index is 12.5. The molecule has 4 nitrogen and oxygen atoms in total. The van der Waals surface area contributed by atoms with E-state index in [0.717, 1.165) is 29.8 Å². The molecule has 0 aliphatic heterocycles. The molecule has 1 amide bonds. The molecule has 128 valence electrons. The van der Waals surface area contributed by atoms with E-state index in [1.807, 2.05) is 18.2 Å². The van der Waals surface area contributed by atoms with E-state index < -0.39 is 0 Å². The standard InChI is InChI=1S/C19H25N3OS/c20-18-12-4-3-5-13(18)11-14(10-12)19(23)21-9-8-17-22-15-6-1-2-7-16(15)24-17/h1-2,6-7,12-14,18H,3-5,8-11,20H2,(H,21,23). The normalized spacial score (nSPS) is 29.5. The summed E-state index contributed by atoms with van der Waals surface area (Å²) >= 11 is 1.72. The highest BCUT2D eigenvalue weighted by molar-refractivity contribution is 7.18. The molecule has 2 bridgehead atoms. The van der Waals surface area contributed by atoms with E-state index in [-0.39, 0.29) is 11.8 Å². The van der Waals surface area contributed by atoms with Crippen molar-refractivity contribution in [3.8, 4) is 0 Å². The SMILES string of the molecule is NC1C2CCCC1CC(C(=O)NCCc1nc3ccccc3s1)C2. The summed E-state index contributed by atoms with van der Waals surface area (Å²) in [6.45, 7) is 0.677. The number of hydrogen-bond acceptors (Lipinski definition) is 4. The fourth-order valence-corrected chi connectivity index (χ4v) is 5.43. The van der Waals surface area contributed by atoms with Crippen LogP contribution in [0.1, 0.15) is 37.1 Å². The van der Waals surface area contributed by atoms with Gasteiger partial charge in [-0.15, -0.1) is 11.3 Å². The van der Waals surface area contributed by atoms with Gasteiger partial charge in [-0.1, -0.05) is 18.6 Å². The number of hydrogen-bond donors (Lipinski definition) is 2. The molecule has 0 saturated heterocycles. The molecule has 2 aliphatic rings. The van der Waals surface area contributed by atoms with E-state index in [1.165, 1.54) is 24.0 Å². The van der Waals surface area contributed by atoms with E-state index in [4.69, 9.17) is 5.73 Å². The van der Waals surface area contributed by atoms with Crippen molar-refractivity contribution in [2.24, 2.45) is 23.5 Å². The van der Waals surface area contributed by atoms with Gasteiger partial charge in [-0.2, -0.15) is 0 Å². The first-order valence-corrected chi connectivity index (χ1v) is 9.90. The Morgan fingerprint density at radius 2 is 2.00 bits per heavy atom. The molecule has 1 heterocycles. The molecule has 2 atom stereocenters. The average Bonchev–Trinajstić information content (AvgIpc) is 2.97. The minimum absolute atomic E-state index is 0.162. The zero-order chi connectivity index (χ0) is 16.5. The number of nitrogens with two attached hydrogens (primary N) is 1. The van der Waals surface area contributed by atoms with Crippen LogP contribution < -0.4 is 11.1 Å². The van der Waals surface area contributed by atoms with E-state index in [1.54, 1.807) is 11.3 Å². The van der Waals surface area contributed by atoms with Gasteiger partial charge in [-0.3, -0.25) is 4.79 Å². The molecule has 0 spiro atoms. The van der Waals surface area contributed by atoms with Crippen molar-refractivity contribution in [1.29, 1.82) is 0 Å². The maximum atomic E-state index is 12.5. The second kappa shape index (κ2) is 6.81. The quantitative estimate of drug-likeness (QED) is 0.896. The van der Waals surface area contributed by atoms with Crippen LogP contribution >= 0.6 is 11.3 Å². The molecule has 0 radical (unpaired) electrons. The highest BCUT2D eigenvalue weighted by Crippen LogP contribution is 2.41. The first-order chi connectivity index (χ1) is 11.7. The lowest BCUT2D eigenvalue weighted by molar-refractivity contribution is -0.127. The predicted molar refractivity (Wildman–Crippen MR) is 97.9 cm³/mol. The van der Waals surface area contributed by atoms with Crippen molar-refractivity contribution in [1.82, 2.24) is 10.3 Å². The van der Waals surface area contributed by atoms with Gasteiger partial charge in [-0.25, -0.2) is 4.98 Å². The topological polar surface area (TPSA) is 68.0 Å². The summed E-state index contributed by atoms with van der Waals surface area (Å²) in [6.07, 6.45) is 6.45. The summed E-state index contributed by atoms with van der Waals surface area (Å²) in [5, 5.41) is 4.23. The van der Waals surface area contributed by atoms with Crippen LogP contribution in [0.15, 0.2) is 24.3 Å². The van der Waals surface area contributed by atoms with Crippen LogP contribution in [0.2, 0.25) is 0 Å². The number of rotatable bonds is 4. The molecule has 2 saturated carbocycles. The minimum atomic E-state index is 0.162. The maximum Gasteiger partial charge on any atom is 0.223 e. The van der Waals surface area contributed by atoms with Crippen molar-refractivity contribution < 1.29 is 4.79 Å². The fraction of sp³-hybridized carbons (Fsp3) is 0.579. The first-order valence-electron chi connectivity index (χ1n) is 9.08. The monoisotopic (exact) mass is 343 g/mol. The molecule has 2 unspecified atom stereocenters. The lowest BCUT2D eigenvalue weighted by Gasteiger charge is -2.43. The highest BCUT2D eigenvalue weighted by atomic mass is 32.1. The summed E-state index contributed by atoms with van der Waals surface area (Å²) in [5.74, 6) is 1.49. The summed E-state index contributed by atoms with van der Waals surface area (Å²) in [6, 6.07) is 8.51. The molecule has 4 rings (SSSR count). The number of nitrogens with one attached hydrogen (secondary N) is 1. The second-order valence-electron chi connectivity index (χ2n) is 7.31. The number of carbonyl (C=O) groups excluding carboxylic acids is 1. The Morgan fingerprint density at radius 3 is 2.75 bits per heavy atom. The smallest absolute Gasteiger partial charge is 0.223 e. The molecular formula is C19H25N3OS. The Morgan fingerprint density at radius 1 is 1.25 bits per heavy atom. The molecule has 3 N–H and O–H groups in total. The van der Waals surface area contributed by atoms with Gasteiger partial charge in [0.1, 0.15) is 0 Å². The third kappa shape index (κ3) is 3.20. The zero-order valence-electron chi connectivity index (χ0n) is 13.9. The molecule has 5 heteroatoms. The number of aromatic nitrogens is 1. The molecule has 1 aromatic heterocycles. The molecular weight excluding hydrogens is 318 g/mol. The molecule has 1 aromatic carbocycles. The van der Waals surface area contributed by atoms with Gasteiger partial charge in [0.2, 0.25) is 5.91 Å². The van der Waals surface area contributed by atoms with E-state index in [9.17, 15) is 4.79 Å². The number of carbonyl (C=O) groups is 1. The van der Waals surface area contributed by atoms with Crippen LogP contribution in [-0.4, -0.2) is 23.5 Å². The molecule has 2 aromatic rings. The first kappa shape index (κ1) is 16.0. The summed E-state index contributed by atoms with van der Waals surface area (Å²) in [7, 11) is 0. The Bertz CT molecular complexity index is 681. The lowest BCUT2D eigenvalue weighted by atomic mass is 9.65. The number of para-hydroxylation sites is 1. The molecule has 2 fully saturated rings. The number of nitrogens with zero attached hydrogens (tertiary/aromatic N) is 1. The molecule has 2 aliphatic carbocycles. The zero-order valence-corrected chi connectivity index (χ0v) is 14.7. The predicted octanol–water partition coefficient (Wildman–Crippen LogP) is 3.11. The van der Waals surface area contributed by atoms with E-state index in [2.05, 4.69) is 16.4 Å². The van der Waals surface area contributed by atoms with Crippen LogP contribution in [0.25, 0.3) is 10.2 Å². The third-order valence-electron chi connectivity index (χ3n) is 5.76. The highest BCUT2D eigenvalue weighted by Gasteiger charge is 2.40.